The third-order valence-corrected chi connectivity index (χ3v) is 9.65. The zero-order valence-electron chi connectivity index (χ0n) is 20.0. The maximum atomic E-state index is 13.3. The van der Waals surface area contributed by atoms with Crippen molar-refractivity contribution in [3.05, 3.63) is 79.7 Å². The van der Waals surface area contributed by atoms with Crippen molar-refractivity contribution in [2.45, 2.75) is 24.8 Å². The largest absolute Gasteiger partial charge is 0.333 e. The van der Waals surface area contributed by atoms with Crippen molar-refractivity contribution in [1.82, 2.24) is 20.2 Å². The van der Waals surface area contributed by atoms with Gasteiger partial charge in [-0.1, -0.05) is 41.4 Å². The second kappa shape index (κ2) is 10.3. The maximum Gasteiger partial charge on any atom is 0.322 e. The Kier molecular flexibility index (Phi) is 6.94. The number of rotatable bonds is 5. The molecule has 1 fully saturated rings. The summed E-state index contributed by atoms with van der Waals surface area (Å²) in [6.45, 7) is 3.95. The Balaban J connectivity index is 1.18. The number of amides is 2. The number of fused-ring (bicyclic) bond motifs is 4. The van der Waals surface area contributed by atoms with Crippen molar-refractivity contribution in [3.8, 4) is 0 Å². The third-order valence-electron chi connectivity index (χ3n) is 7.34. The molecule has 1 saturated heterocycles. The Morgan fingerprint density at radius 1 is 1.11 bits per heavy atom. The van der Waals surface area contributed by atoms with Gasteiger partial charge < -0.3 is 5.32 Å². The Labute approximate surface area is 233 Å². The molecule has 0 atom stereocenters. The number of carbonyl (C=O) groups is 1. The average molecular weight is 571 g/mol. The zero-order valence-corrected chi connectivity index (χ0v) is 23.1. The normalized spacial score (nSPS) is 17.2. The summed E-state index contributed by atoms with van der Waals surface area (Å²) in [5.41, 5.74) is 7.93. The van der Waals surface area contributed by atoms with Gasteiger partial charge in [0.05, 0.1) is 43.5 Å². The van der Waals surface area contributed by atoms with E-state index in [9.17, 15) is 4.79 Å². The fourth-order valence-electron chi connectivity index (χ4n) is 5.43. The van der Waals surface area contributed by atoms with Gasteiger partial charge in [-0.3, -0.25) is 14.8 Å². The van der Waals surface area contributed by atoms with Crippen molar-refractivity contribution < 1.29 is 4.79 Å². The minimum atomic E-state index is -0.0886. The van der Waals surface area contributed by atoms with E-state index in [1.165, 1.54) is 10.3 Å². The Hall–Kier alpha value is -2.49. The van der Waals surface area contributed by atoms with E-state index >= 15 is 0 Å². The molecule has 4 aromatic rings. The van der Waals surface area contributed by atoms with Gasteiger partial charge in [-0.05, 0) is 55.8 Å². The molecule has 2 aromatic carbocycles. The van der Waals surface area contributed by atoms with Gasteiger partial charge in [0.1, 0.15) is 0 Å². The lowest BCUT2D eigenvalue weighted by Gasteiger charge is -2.39. The molecular weight excluding hydrogens is 545 g/mol. The van der Waals surface area contributed by atoms with Crippen LogP contribution in [0.2, 0.25) is 10.0 Å². The van der Waals surface area contributed by atoms with Crippen LogP contribution in [0.15, 0.2) is 53.6 Å². The monoisotopic (exact) mass is 569 g/mol. The van der Waals surface area contributed by atoms with Crippen LogP contribution in [-0.4, -0.2) is 47.1 Å². The van der Waals surface area contributed by atoms with E-state index in [0.717, 1.165) is 54.1 Å². The first-order chi connectivity index (χ1) is 18.0. The Bertz CT molecular complexity index is 1460. The molecule has 2 amide bonds. The summed E-state index contributed by atoms with van der Waals surface area (Å²) < 4.78 is 1.18. The molecule has 2 aliphatic heterocycles. The van der Waals surface area contributed by atoms with Crippen LogP contribution in [0.25, 0.3) is 16.3 Å². The van der Waals surface area contributed by atoms with Crippen LogP contribution in [0.1, 0.15) is 28.8 Å². The minimum absolute atomic E-state index is 0.0620. The van der Waals surface area contributed by atoms with E-state index < -0.39 is 0 Å². The van der Waals surface area contributed by atoms with E-state index in [4.69, 9.17) is 28.2 Å². The summed E-state index contributed by atoms with van der Waals surface area (Å²) >= 11 is 15.4. The summed E-state index contributed by atoms with van der Waals surface area (Å²) in [5.74, 6) is 0. The molecule has 0 saturated carbocycles. The third kappa shape index (κ3) is 4.89. The quantitative estimate of drug-likeness (QED) is 0.286. The number of aromatic nitrogens is 2. The van der Waals surface area contributed by atoms with Gasteiger partial charge in [0.25, 0.3) is 0 Å². The van der Waals surface area contributed by atoms with Gasteiger partial charge in [0.15, 0.2) is 0 Å². The Morgan fingerprint density at radius 2 is 1.97 bits per heavy atom. The van der Waals surface area contributed by atoms with Crippen LogP contribution in [0.5, 0.6) is 0 Å². The summed E-state index contributed by atoms with van der Waals surface area (Å²) in [6.07, 6.45) is 8.03. The first-order valence-electron chi connectivity index (χ1n) is 12.2. The first-order valence-corrected chi connectivity index (χ1v) is 14.7. The molecule has 0 radical (unpaired) electrons. The lowest BCUT2D eigenvalue weighted by molar-refractivity contribution is 0.180. The number of likely N-dealkylation sites (tertiary alicyclic amines) is 1. The number of carbonyl (C=O) groups excluding carboxylic acids is 1. The smallest absolute Gasteiger partial charge is 0.322 e. The number of benzene rings is 2. The molecule has 6 rings (SSSR count). The number of hydrogen-bond acceptors (Lipinski definition) is 6. The van der Waals surface area contributed by atoms with Crippen LogP contribution >= 0.6 is 45.9 Å². The number of hydrogen-bond donors (Lipinski definition) is 1. The first kappa shape index (κ1) is 24.8. The molecule has 6 nitrogen and oxygen atoms in total. The van der Waals surface area contributed by atoms with Gasteiger partial charge in [0, 0.05) is 35.1 Å². The van der Waals surface area contributed by atoms with Gasteiger partial charge in [0.2, 0.25) is 0 Å². The van der Waals surface area contributed by atoms with Crippen LogP contribution < -0.4 is 10.2 Å². The van der Waals surface area contributed by atoms with Crippen LogP contribution in [-0.2, 0) is 12.0 Å². The summed E-state index contributed by atoms with van der Waals surface area (Å²) in [7, 11) is 0. The van der Waals surface area contributed by atoms with E-state index in [1.54, 1.807) is 34.4 Å². The van der Waals surface area contributed by atoms with E-state index in [-0.39, 0.29) is 11.4 Å². The van der Waals surface area contributed by atoms with Crippen molar-refractivity contribution in [2.75, 3.05) is 31.1 Å². The fraction of sp³-hybridized carbons (Fsp3) is 0.296. The number of halogens is 2. The van der Waals surface area contributed by atoms with Crippen molar-refractivity contribution in [2.24, 2.45) is 0 Å². The Morgan fingerprint density at radius 3 is 2.76 bits per heavy atom. The predicted molar refractivity (Wildman–Crippen MR) is 154 cm³/mol. The van der Waals surface area contributed by atoms with Gasteiger partial charge in [-0.25, -0.2) is 9.78 Å². The zero-order chi connectivity index (χ0) is 25.4. The highest BCUT2D eigenvalue weighted by Gasteiger charge is 2.47. The second-order valence-electron chi connectivity index (χ2n) is 9.53. The van der Waals surface area contributed by atoms with Gasteiger partial charge in [-0.2, -0.15) is 0 Å². The number of nitrogens with one attached hydrogen (secondary N) is 1. The van der Waals surface area contributed by atoms with Crippen LogP contribution in [0.4, 0.5) is 10.5 Å². The highest BCUT2D eigenvalue weighted by atomic mass is 35.5. The maximum absolute atomic E-state index is 13.3. The molecule has 10 heteroatoms. The van der Waals surface area contributed by atoms with Crippen LogP contribution in [0.3, 0.4) is 0 Å². The molecule has 2 aromatic heterocycles. The number of nitrogens with zero attached hydrogens (tertiary/aromatic N) is 4. The van der Waals surface area contributed by atoms with Gasteiger partial charge >= 0.3 is 6.03 Å². The lowest BCUT2D eigenvalue weighted by atomic mass is 9.74. The number of piperidine rings is 1. The second-order valence-corrected chi connectivity index (χ2v) is 12.2. The standard InChI is InChI=1S/C27H25Cl2N5OS2/c28-20-4-3-18(12-21(20)29)2-1-9-33-10-7-27(8-11-33)15-34(26(35)31-14-19-13-30-16-36-19)22-5-6-23-25(24(22)27)32-17-37-23/h1-6,12-13,16-17H,7-11,14-15H2,(H,31,35)/b2-1+. The van der Waals surface area contributed by atoms with Gasteiger partial charge in [-0.15, -0.1) is 22.7 Å². The molecule has 190 valence electrons. The number of anilines is 1. The molecule has 2 aliphatic rings. The molecule has 37 heavy (non-hydrogen) atoms. The average Bonchev–Trinajstić information content (AvgIpc) is 3.65. The summed E-state index contributed by atoms with van der Waals surface area (Å²) in [4.78, 5) is 27.6. The highest BCUT2D eigenvalue weighted by Crippen LogP contribution is 2.50. The highest BCUT2D eigenvalue weighted by molar-refractivity contribution is 7.16. The molecule has 1 spiro atoms. The molecule has 4 heterocycles. The number of urea groups is 1. The lowest BCUT2D eigenvalue weighted by Crippen LogP contribution is -2.47. The SMILES string of the molecule is O=C(NCc1cncs1)N1CC2(CCN(C/C=C/c3ccc(Cl)c(Cl)c3)CC2)c2c1ccc1scnc21. The molecule has 1 N–H and O–H groups in total. The van der Waals surface area contributed by atoms with E-state index in [1.807, 2.05) is 28.6 Å². The molecular formula is C27H25Cl2N5OS2. The van der Waals surface area contributed by atoms with Crippen molar-refractivity contribution >= 4 is 73.9 Å². The fourth-order valence-corrected chi connectivity index (χ4v) is 6.96. The topological polar surface area (TPSA) is 61.4 Å². The van der Waals surface area contributed by atoms with Crippen LogP contribution in [0, 0.1) is 0 Å². The summed E-state index contributed by atoms with van der Waals surface area (Å²) in [6, 6.07) is 9.81. The predicted octanol–water partition coefficient (Wildman–Crippen LogP) is 6.84. The van der Waals surface area contributed by atoms with E-state index in [2.05, 4.69) is 39.5 Å². The van der Waals surface area contributed by atoms with Crippen molar-refractivity contribution in [3.63, 3.8) is 0 Å². The van der Waals surface area contributed by atoms with Crippen molar-refractivity contribution in [1.29, 1.82) is 0 Å². The molecule has 0 aliphatic carbocycles. The summed E-state index contributed by atoms with van der Waals surface area (Å²) in [5, 5.41) is 4.23. The molecule has 0 unspecified atom stereocenters. The molecule has 0 bridgehead atoms. The minimum Gasteiger partial charge on any atom is -0.333 e. The van der Waals surface area contributed by atoms with E-state index in [0.29, 0.717) is 23.1 Å². The number of thiazole rings is 2.